The lowest BCUT2D eigenvalue weighted by Crippen LogP contribution is -2.34. The summed E-state index contributed by atoms with van der Waals surface area (Å²) >= 11 is 1.42. The molecule has 0 fully saturated rings. The van der Waals surface area contributed by atoms with Crippen molar-refractivity contribution >= 4 is 17.7 Å². The van der Waals surface area contributed by atoms with E-state index in [1.54, 1.807) is 37.3 Å². The summed E-state index contributed by atoms with van der Waals surface area (Å²) in [7, 11) is 3.51. The Morgan fingerprint density at radius 2 is 1.91 bits per heavy atom. The van der Waals surface area contributed by atoms with Gasteiger partial charge in [-0.15, -0.1) is 0 Å². The van der Waals surface area contributed by atoms with Gasteiger partial charge < -0.3 is 9.88 Å². The second-order valence-electron chi connectivity index (χ2n) is 5.62. The Labute approximate surface area is 134 Å². The summed E-state index contributed by atoms with van der Waals surface area (Å²) in [5, 5.41) is 0.496. The predicted octanol–water partition coefficient (Wildman–Crippen LogP) is 3.42. The van der Waals surface area contributed by atoms with Crippen molar-refractivity contribution in [2.24, 2.45) is 5.92 Å². The first-order valence-electron chi connectivity index (χ1n) is 7.07. The fourth-order valence-electron chi connectivity index (χ4n) is 1.99. The molecule has 2 rings (SSSR count). The number of rotatable bonds is 5. The van der Waals surface area contributed by atoms with E-state index in [1.807, 2.05) is 13.8 Å². The lowest BCUT2D eigenvalue weighted by molar-refractivity contribution is -0.128. The van der Waals surface area contributed by atoms with Gasteiger partial charge in [0.2, 0.25) is 5.91 Å². The third-order valence-electron chi connectivity index (χ3n) is 3.24. The maximum atomic E-state index is 13.0. The minimum absolute atomic E-state index is 0.0692. The Bertz CT molecular complexity index is 637. The molecule has 0 saturated heterocycles. The first kappa shape index (κ1) is 16.5. The molecule has 0 spiro atoms. The largest absolute Gasteiger partial charge is 0.348 e. The number of hydrogen-bond acceptors (Lipinski definition) is 3. The number of nitrogens with zero attached hydrogens (tertiary/aromatic N) is 2. The van der Waals surface area contributed by atoms with E-state index < -0.39 is 0 Å². The molecule has 1 N–H and O–H groups in total. The minimum atomic E-state index is -0.269. The van der Waals surface area contributed by atoms with Crippen LogP contribution in [0.1, 0.15) is 13.8 Å². The fraction of sp³-hybridized carbons (Fsp3) is 0.375. The summed E-state index contributed by atoms with van der Waals surface area (Å²) in [5.41, 5.74) is 1.67. The number of benzene rings is 1. The molecule has 0 bridgehead atoms. The van der Waals surface area contributed by atoms with Gasteiger partial charge in [-0.2, -0.15) is 0 Å². The molecule has 0 aliphatic rings. The van der Waals surface area contributed by atoms with Gasteiger partial charge in [-0.3, -0.25) is 4.79 Å². The standard InChI is InChI=1S/C16H20FN3OS/c1-10(2)14(15(21)20(3)4)22-16-18-9-13(19-16)11-5-7-12(17)8-6-11/h5-10,14H,1-4H3,(H,18,19)/t14-/m0/s1. The average molecular weight is 321 g/mol. The van der Waals surface area contributed by atoms with Gasteiger partial charge in [0.1, 0.15) is 5.82 Å². The molecule has 118 valence electrons. The van der Waals surface area contributed by atoms with E-state index in [0.717, 1.165) is 11.3 Å². The minimum Gasteiger partial charge on any atom is -0.348 e. The van der Waals surface area contributed by atoms with Gasteiger partial charge in [0.25, 0.3) is 0 Å². The molecule has 1 amide bonds. The van der Waals surface area contributed by atoms with Crippen LogP contribution in [0.15, 0.2) is 35.6 Å². The molecule has 0 aliphatic carbocycles. The molecule has 0 radical (unpaired) electrons. The lowest BCUT2D eigenvalue weighted by atomic mass is 10.1. The number of imidazole rings is 1. The highest BCUT2D eigenvalue weighted by Gasteiger charge is 2.26. The van der Waals surface area contributed by atoms with E-state index in [0.29, 0.717) is 5.16 Å². The van der Waals surface area contributed by atoms with E-state index in [9.17, 15) is 9.18 Å². The van der Waals surface area contributed by atoms with Crippen molar-refractivity contribution in [3.05, 3.63) is 36.3 Å². The van der Waals surface area contributed by atoms with Crippen LogP contribution < -0.4 is 0 Å². The van der Waals surface area contributed by atoms with Crippen LogP contribution in [-0.4, -0.2) is 40.1 Å². The van der Waals surface area contributed by atoms with Crippen molar-refractivity contribution in [1.82, 2.24) is 14.9 Å². The number of carbonyl (C=O) groups is 1. The number of H-pyrrole nitrogens is 1. The molecule has 0 unspecified atom stereocenters. The van der Waals surface area contributed by atoms with Crippen molar-refractivity contribution in [1.29, 1.82) is 0 Å². The Balaban J connectivity index is 2.16. The van der Waals surface area contributed by atoms with Crippen molar-refractivity contribution < 1.29 is 9.18 Å². The van der Waals surface area contributed by atoms with Crippen LogP contribution >= 0.6 is 11.8 Å². The summed E-state index contributed by atoms with van der Waals surface area (Å²) in [6, 6.07) is 6.22. The molecule has 1 aromatic carbocycles. The summed E-state index contributed by atoms with van der Waals surface area (Å²) in [6.45, 7) is 4.03. The van der Waals surface area contributed by atoms with Gasteiger partial charge in [0, 0.05) is 14.1 Å². The van der Waals surface area contributed by atoms with Gasteiger partial charge in [0.05, 0.1) is 17.1 Å². The fourth-order valence-corrected chi connectivity index (χ4v) is 3.09. The van der Waals surface area contributed by atoms with E-state index in [2.05, 4.69) is 9.97 Å². The van der Waals surface area contributed by atoms with Gasteiger partial charge >= 0.3 is 0 Å². The third kappa shape index (κ3) is 3.88. The maximum Gasteiger partial charge on any atom is 0.235 e. The van der Waals surface area contributed by atoms with Crippen LogP contribution in [-0.2, 0) is 4.79 Å². The van der Waals surface area contributed by atoms with E-state index in [1.165, 1.54) is 23.9 Å². The SMILES string of the molecule is CC(C)[C@H](Sc1ncc(-c2ccc(F)cc2)[nH]1)C(=O)N(C)C. The number of thioether (sulfide) groups is 1. The van der Waals surface area contributed by atoms with Crippen LogP contribution in [0.5, 0.6) is 0 Å². The molecule has 1 aromatic heterocycles. The monoisotopic (exact) mass is 321 g/mol. The van der Waals surface area contributed by atoms with Crippen LogP contribution in [0.3, 0.4) is 0 Å². The van der Waals surface area contributed by atoms with Gasteiger partial charge in [0.15, 0.2) is 5.16 Å². The number of halogens is 1. The molecular formula is C16H20FN3OS. The zero-order valence-electron chi connectivity index (χ0n) is 13.1. The van der Waals surface area contributed by atoms with E-state index in [-0.39, 0.29) is 22.9 Å². The van der Waals surface area contributed by atoms with Crippen molar-refractivity contribution in [2.45, 2.75) is 24.3 Å². The molecule has 1 heterocycles. The highest BCUT2D eigenvalue weighted by atomic mass is 32.2. The zero-order valence-corrected chi connectivity index (χ0v) is 13.9. The van der Waals surface area contributed by atoms with Gasteiger partial charge in [-0.1, -0.05) is 25.6 Å². The Hall–Kier alpha value is -1.82. The molecule has 6 heteroatoms. The number of aromatic amines is 1. The Morgan fingerprint density at radius 1 is 1.27 bits per heavy atom. The van der Waals surface area contributed by atoms with E-state index in [4.69, 9.17) is 0 Å². The molecule has 0 saturated carbocycles. The smallest absolute Gasteiger partial charge is 0.235 e. The van der Waals surface area contributed by atoms with Crippen LogP contribution in [0.4, 0.5) is 4.39 Å². The first-order chi connectivity index (χ1) is 10.4. The molecule has 4 nitrogen and oxygen atoms in total. The van der Waals surface area contributed by atoms with Crippen molar-refractivity contribution in [2.75, 3.05) is 14.1 Å². The molecule has 0 aliphatic heterocycles. The van der Waals surface area contributed by atoms with Gasteiger partial charge in [-0.25, -0.2) is 9.37 Å². The molecule has 22 heavy (non-hydrogen) atoms. The predicted molar refractivity (Wildman–Crippen MR) is 87.2 cm³/mol. The van der Waals surface area contributed by atoms with Gasteiger partial charge in [-0.05, 0) is 35.7 Å². The zero-order chi connectivity index (χ0) is 16.3. The Morgan fingerprint density at radius 3 is 2.45 bits per heavy atom. The third-order valence-corrected chi connectivity index (χ3v) is 4.67. The highest BCUT2D eigenvalue weighted by Crippen LogP contribution is 2.29. The van der Waals surface area contributed by atoms with Crippen LogP contribution in [0.25, 0.3) is 11.3 Å². The summed E-state index contributed by atoms with van der Waals surface area (Å²) in [5.74, 6) is -0.00619. The second kappa shape index (κ2) is 6.96. The van der Waals surface area contributed by atoms with Crippen LogP contribution in [0, 0.1) is 11.7 Å². The first-order valence-corrected chi connectivity index (χ1v) is 7.95. The second-order valence-corrected chi connectivity index (χ2v) is 6.75. The number of amides is 1. The van der Waals surface area contributed by atoms with Crippen molar-refractivity contribution in [3.8, 4) is 11.3 Å². The summed E-state index contributed by atoms with van der Waals surface area (Å²) < 4.78 is 13.0. The lowest BCUT2D eigenvalue weighted by Gasteiger charge is -2.22. The summed E-state index contributed by atoms with van der Waals surface area (Å²) in [4.78, 5) is 21.3. The average Bonchev–Trinajstić information content (AvgIpc) is 2.93. The number of nitrogens with one attached hydrogen (secondary N) is 1. The highest BCUT2D eigenvalue weighted by molar-refractivity contribution is 8.00. The Kier molecular flexibility index (Phi) is 5.24. The number of carbonyl (C=O) groups excluding carboxylic acids is 1. The maximum absolute atomic E-state index is 13.0. The van der Waals surface area contributed by atoms with Crippen molar-refractivity contribution in [3.63, 3.8) is 0 Å². The topological polar surface area (TPSA) is 49.0 Å². The molecular weight excluding hydrogens is 301 g/mol. The summed E-state index contributed by atoms with van der Waals surface area (Å²) in [6.07, 6.45) is 1.70. The normalized spacial score (nSPS) is 12.5. The molecule has 2 aromatic rings. The number of hydrogen-bond donors (Lipinski definition) is 1. The molecule has 1 atom stereocenters. The van der Waals surface area contributed by atoms with E-state index >= 15 is 0 Å². The quantitative estimate of drug-likeness (QED) is 0.859. The van der Waals surface area contributed by atoms with Crippen LogP contribution in [0.2, 0.25) is 0 Å². The number of aromatic nitrogens is 2.